The van der Waals surface area contributed by atoms with Crippen LogP contribution in [0.5, 0.6) is 0 Å². The number of amides is 2. The molecule has 6 heteroatoms. The average molecular weight is 362 g/mol. The third-order valence-corrected chi connectivity index (χ3v) is 5.17. The molecule has 1 aromatic rings. The van der Waals surface area contributed by atoms with E-state index >= 15 is 0 Å². The van der Waals surface area contributed by atoms with Crippen molar-refractivity contribution in [1.82, 2.24) is 10.2 Å². The molecule has 144 valence electrons. The second kappa shape index (κ2) is 9.57. The number of hydrogen-bond donors (Lipinski definition) is 2. The number of rotatable bonds is 7. The topological polar surface area (TPSA) is 57.1 Å². The highest BCUT2D eigenvalue weighted by atomic mass is 16.2. The molecule has 0 unspecified atom stereocenters. The SMILES string of the molecule is CCCNC(=O)CN(C)C(=O)C[NH+]1CCN(c2cccc(C)c2C)CC1. The van der Waals surface area contributed by atoms with Crippen LogP contribution in [-0.4, -0.2) is 69.6 Å². The molecule has 0 radical (unpaired) electrons. The van der Waals surface area contributed by atoms with Crippen molar-refractivity contribution in [3.8, 4) is 0 Å². The minimum absolute atomic E-state index is 0.0341. The van der Waals surface area contributed by atoms with Crippen LogP contribution in [0.1, 0.15) is 24.5 Å². The van der Waals surface area contributed by atoms with Crippen LogP contribution in [0.15, 0.2) is 18.2 Å². The van der Waals surface area contributed by atoms with Crippen molar-refractivity contribution in [2.45, 2.75) is 27.2 Å². The molecule has 2 N–H and O–H groups in total. The maximum Gasteiger partial charge on any atom is 0.277 e. The van der Waals surface area contributed by atoms with Gasteiger partial charge in [0.2, 0.25) is 5.91 Å². The Morgan fingerprint density at radius 2 is 1.92 bits per heavy atom. The monoisotopic (exact) mass is 361 g/mol. The van der Waals surface area contributed by atoms with Crippen molar-refractivity contribution >= 4 is 17.5 Å². The lowest BCUT2D eigenvalue weighted by atomic mass is 10.1. The fourth-order valence-electron chi connectivity index (χ4n) is 3.29. The number of carbonyl (C=O) groups excluding carboxylic acids is 2. The molecular weight excluding hydrogens is 328 g/mol. The first kappa shape index (κ1) is 20.2. The molecule has 1 saturated heterocycles. The molecule has 1 aromatic carbocycles. The van der Waals surface area contributed by atoms with Gasteiger partial charge in [-0.25, -0.2) is 0 Å². The Balaban J connectivity index is 1.80. The fourth-order valence-corrected chi connectivity index (χ4v) is 3.29. The van der Waals surface area contributed by atoms with Gasteiger partial charge < -0.3 is 20.0 Å². The van der Waals surface area contributed by atoms with Gasteiger partial charge in [-0.2, -0.15) is 0 Å². The highest BCUT2D eigenvalue weighted by Crippen LogP contribution is 2.22. The van der Waals surface area contributed by atoms with Crippen molar-refractivity contribution in [3.63, 3.8) is 0 Å². The van der Waals surface area contributed by atoms with Gasteiger partial charge in [0.25, 0.3) is 5.91 Å². The smallest absolute Gasteiger partial charge is 0.277 e. The Kier molecular flexibility index (Phi) is 7.45. The number of quaternary nitrogens is 1. The van der Waals surface area contributed by atoms with Crippen LogP contribution >= 0.6 is 0 Å². The molecule has 0 bridgehead atoms. The molecule has 0 atom stereocenters. The van der Waals surface area contributed by atoms with Crippen molar-refractivity contribution < 1.29 is 14.5 Å². The Bertz CT molecular complexity index is 624. The molecule has 26 heavy (non-hydrogen) atoms. The maximum atomic E-state index is 12.4. The summed E-state index contributed by atoms with van der Waals surface area (Å²) in [7, 11) is 1.71. The molecule has 1 heterocycles. The molecule has 1 aliphatic heterocycles. The third kappa shape index (κ3) is 5.46. The van der Waals surface area contributed by atoms with E-state index < -0.39 is 0 Å². The summed E-state index contributed by atoms with van der Waals surface area (Å²) in [6.45, 7) is 11.4. The van der Waals surface area contributed by atoms with Crippen molar-refractivity contribution in [1.29, 1.82) is 0 Å². The Hall–Kier alpha value is -2.08. The fraction of sp³-hybridized carbons (Fsp3) is 0.600. The van der Waals surface area contributed by atoms with E-state index in [1.807, 2.05) is 6.92 Å². The van der Waals surface area contributed by atoms with Crippen LogP contribution in [0.2, 0.25) is 0 Å². The van der Waals surface area contributed by atoms with Crippen molar-refractivity contribution in [2.24, 2.45) is 0 Å². The molecule has 2 amide bonds. The van der Waals surface area contributed by atoms with E-state index in [2.05, 4.69) is 42.3 Å². The summed E-state index contributed by atoms with van der Waals surface area (Å²) in [5.74, 6) is -0.0516. The predicted octanol–water partition coefficient (Wildman–Crippen LogP) is -0.00706. The molecule has 6 nitrogen and oxygen atoms in total. The predicted molar refractivity (Wildman–Crippen MR) is 105 cm³/mol. The van der Waals surface area contributed by atoms with Gasteiger partial charge in [0, 0.05) is 19.3 Å². The zero-order valence-electron chi connectivity index (χ0n) is 16.6. The zero-order valence-corrected chi connectivity index (χ0v) is 16.6. The summed E-state index contributed by atoms with van der Waals surface area (Å²) in [5.41, 5.74) is 3.96. The van der Waals surface area contributed by atoms with Gasteiger partial charge in [0.1, 0.15) is 0 Å². The summed E-state index contributed by atoms with van der Waals surface area (Å²) in [4.78, 5) is 29.4. The Morgan fingerprint density at radius 3 is 2.58 bits per heavy atom. The van der Waals surface area contributed by atoms with E-state index in [1.54, 1.807) is 7.05 Å². The second-order valence-corrected chi connectivity index (χ2v) is 7.23. The van der Waals surface area contributed by atoms with Crippen LogP contribution in [0.4, 0.5) is 5.69 Å². The molecular formula is C20H33N4O2+. The van der Waals surface area contributed by atoms with Gasteiger partial charge in [-0.3, -0.25) is 9.59 Å². The number of aryl methyl sites for hydroxylation is 1. The lowest BCUT2D eigenvalue weighted by molar-refractivity contribution is -0.892. The first-order valence-corrected chi connectivity index (χ1v) is 9.57. The van der Waals surface area contributed by atoms with Crippen LogP contribution in [0, 0.1) is 13.8 Å². The second-order valence-electron chi connectivity index (χ2n) is 7.23. The molecule has 1 fully saturated rings. The highest BCUT2D eigenvalue weighted by molar-refractivity contribution is 5.84. The highest BCUT2D eigenvalue weighted by Gasteiger charge is 2.25. The van der Waals surface area contributed by atoms with Gasteiger partial charge in [0.05, 0.1) is 32.7 Å². The molecule has 0 saturated carbocycles. The first-order chi connectivity index (χ1) is 12.4. The van der Waals surface area contributed by atoms with Gasteiger partial charge in [-0.15, -0.1) is 0 Å². The standard InChI is InChI=1S/C20H32N4O2/c1-5-9-21-19(25)14-22(4)20(26)15-23-10-12-24(13-11-23)18-8-6-7-16(2)17(18)3/h6-8H,5,9-15H2,1-4H3,(H,21,25)/p+1. The number of anilines is 1. The van der Waals surface area contributed by atoms with Gasteiger partial charge >= 0.3 is 0 Å². The van der Waals surface area contributed by atoms with Crippen molar-refractivity contribution in [3.05, 3.63) is 29.3 Å². The zero-order chi connectivity index (χ0) is 19.1. The summed E-state index contributed by atoms with van der Waals surface area (Å²) in [6, 6.07) is 6.44. The largest absolute Gasteiger partial charge is 0.360 e. The lowest BCUT2D eigenvalue weighted by Crippen LogP contribution is -3.15. The van der Waals surface area contributed by atoms with Crippen molar-refractivity contribution in [2.75, 3.05) is 57.8 Å². The number of carbonyl (C=O) groups is 2. The van der Waals surface area contributed by atoms with Gasteiger partial charge in [0.15, 0.2) is 6.54 Å². The van der Waals surface area contributed by atoms with Gasteiger partial charge in [-0.1, -0.05) is 19.1 Å². The number of benzene rings is 1. The average Bonchev–Trinajstić information content (AvgIpc) is 2.63. The Morgan fingerprint density at radius 1 is 1.23 bits per heavy atom. The number of nitrogens with zero attached hydrogens (tertiary/aromatic N) is 2. The molecule has 0 aromatic heterocycles. The van der Waals surface area contributed by atoms with E-state index in [4.69, 9.17) is 0 Å². The number of likely N-dealkylation sites (N-methyl/N-ethyl adjacent to an activating group) is 1. The first-order valence-electron chi connectivity index (χ1n) is 9.57. The van der Waals surface area contributed by atoms with E-state index in [-0.39, 0.29) is 18.4 Å². The molecule has 0 spiro atoms. The number of hydrogen-bond acceptors (Lipinski definition) is 3. The summed E-state index contributed by atoms with van der Waals surface area (Å²) in [5, 5.41) is 2.81. The van der Waals surface area contributed by atoms with Crippen LogP contribution < -0.4 is 15.1 Å². The van der Waals surface area contributed by atoms with E-state index in [0.717, 1.165) is 32.6 Å². The molecule has 1 aliphatic rings. The van der Waals surface area contributed by atoms with E-state index in [0.29, 0.717) is 13.1 Å². The Labute approximate surface area is 157 Å². The summed E-state index contributed by atoms with van der Waals surface area (Å²) >= 11 is 0. The van der Waals surface area contributed by atoms with E-state index in [1.165, 1.54) is 26.6 Å². The van der Waals surface area contributed by atoms with E-state index in [9.17, 15) is 9.59 Å². The minimum atomic E-state index is -0.0857. The summed E-state index contributed by atoms with van der Waals surface area (Å²) in [6.07, 6.45) is 0.901. The normalized spacial score (nSPS) is 15.0. The van der Waals surface area contributed by atoms with Crippen LogP contribution in [-0.2, 0) is 9.59 Å². The van der Waals surface area contributed by atoms with Crippen LogP contribution in [0.3, 0.4) is 0 Å². The molecule has 2 rings (SSSR count). The van der Waals surface area contributed by atoms with Crippen LogP contribution in [0.25, 0.3) is 0 Å². The third-order valence-electron chi connectivity index (χ3n) is 5.17. The maximum absolute atomic E-state index is 12.4. The number of nitrogens with one attached hydrogen (secondary N) is 2. The number of piperazine rings is 1. The lowest BCUT2D eigenvalue weighted by Gasteiger charge is -2.35. The summed E-state index contributed by atoms with van der Waals surface area (Å²) < 4.78 is 0. The van der Waals surface area contributed by atoms with Gasteiger partial charge in [-0.05, 0) is 37.5 Å². The minimum Gasteiger partial charge on any atom is -0.360 e. The quantitative estimate of drug-likeness (QED) is 0.718. The molecule has 0 aliphatic carbocycles.